The molecule has 0 amide bonds. The van der Waals surface area contributed by atoms with Gasteiger partial charge in [0.15, 0.2) is 5.78 Å². The molecule has 0 N–H and O–H groups in total. The first-order valence-corrected chi connectivity index (χ1v) is 10.9. The van der Waals surface area contributed by atoms with E-state index in [-0.39, 0.29) is 17.8 Å². The molecule has 3 aromatic rings. The van der Waals surface area contributed by atoms with Crippen LogP contribution in [0.5, 0.6) is 11.5 Å². The Labute approximate surface area is 193 Å². The molecule has 1 aliphatic carbocycles. The highest BCUT2D eigenvalue weighted by molar-refractivity contribution is 6.03. The van der Waals surface area contributed by atoms with Gasteiger partial charge in [-0.3, -0.25) is 9.63 Å². The Balaban J connectivity index is 1.53. The highest BCUT2D eigenvalue weighted by Crippen LogP contribution is 2.43. The number of nitrogens with zero attached hydrogens (tertiary/aromatic N) is 1. The first-order chi connectivity index (χ1) is 16.2. The zero-order chi connectivity index (χ0) is 22.8. The van der Waals surface area contributed by atoms with Gasteiger partial charge in [-0.05, 0) is 59.7 Å². The number of anilines is 1. The van der Waals surface area contributed by atoms with Crippen molar-refractivity contribution in [3.63, 3.8) is 0 Å². The maximum atomic E-state index is 13.8. The number of para-hydroxylation sites is 1. The van der Waals surface area contributed by atoms with Crippen LogP contribution in [0.25, 0.3) is 6.08 Å². The Kier molecular flexibility index (Phi) is 5.71. The number of Topliss-reactive ketones (excluding diaryl/α,β-unsaturated/α-hetero) is 1. The molecule has 1 fully saturated rings. The van der Waals surface area contributed by atoms with Gasteiger partial charge in [-0.1, -0.05) is 48.6 Å². The zero-order valence-electron chi connectivity index (χ0n) is 18.5. The molecule has 166 valence electrons. The Hall–Kier alpha value is -3.83. The summed E-state index contributed by atoms with van der Waals surface area (Å²) in [5.41, 5.74) is 3.60. The number of methoxy groups -OCH3 is 2. The van der Waals surface area contributed by atoms with Crippen LogP contribution in [0.2, 0.25) is 0 Å². The summed E-state index contributed by atoms with van der Waals surface area (Å²) >= 11 is 0. The molecule has 5 heteroatoms. The molecule has 0 unspecified atom stereocenters. The summed E-state index contributed by atoms with van der Waals surface area (Å²) in [5, 5.41) is 1.77. The van der Waals surface area contributed by atoms with E-state index in [4.69, 9.17) is 14.3 Å². The van der Waals surface area contributed by atoms with Crippen LogP contribution in [0.1, 0.15) is 15.9 Å². The van der Waals surface area contributed by atoms with E-state index in [0.29, 0.717) is 5.56 Å². The molecule has 0 saturated carbocycles. The number of carbonyl (C=O) groups excluding carboxylic acids is 1. The number of ketones is 1. The van der Waals surface area contributed by atoms with Crippen molar-refractivity contribution >= 4 is 17.5 Å². The van der Waals surface area contributed by atoms with Crippen molar-refractivity contribution in [2.75, 3.05) is 19.3 Å². The van der Waals surface area contributed by atoms with E-state index >= 15 is 0 Å². The fourth-order valence-corrected chi connectivity index (χ4v) is 4.46. The molecular weight excluding hydrogens is 414 g/mol. The third-order valence-corrected chi connectivity index (χ3v) is 6.15. The van der Waals surface area contributed by atoms with Crippen LogP contribution in [0.4, 0.5) is 5.69 Å². The number of fused-ring (bicyclic) bond motifs is 1. The maximum absolute atomic E-state index is 13.8. The number of hydroxylamine groups is 1. The van der Waals surface area contributed by atoms with Gasteiger partial charge in [-0.2, -0.15) is 0 Å². The molecule has 3 aromatic carbocycles. The predicted octanol–water partition coefficient (Wildman–Crippen LogP) is 5.35. The number of hydrogen-bond acceptors (Lipinski definition) is 5. The zero-order valence-corrected chi connectivity index (χ0v) is 18.5. The normalized spacial score (nSPS) is 22.4. The minimum atomic E-state index is -0.495. The van der Waals surface area contributed by atoms with E-state index in [9.17, 15) is 4.79 Å². The molecule has 1 aliphatic heterocycles. The van der Waals surface area contributed by atoms with Crippen molar-refractivity contribution in [3.05, 3.63) is 108 Å². The van der Waals surface area contributed by atoms with Crippen LogP contribution in [0.15, 0.2) is 96.6 Å². The molecule has 1 saturated heterocycles. The summed E-state index contributed by atoms with van der Waals surface area (Å²) in [5.74, 6) is 1.42. The van der Waals surface area contributed by atoms with Gasteiger partial charge in [0.2, 0.25) is 0 Å². The minimum Gasteiger partial charge on any atom is -0.497 e. The van der Waals surface area contributed by atoms with Crippen molar-refractivity contribution in [2.24, 2.45) is 5.92 Å². The van der Waals surface area contributed by atoms with E-state index in [1.807, 2.05) is 84.9 Å². The summed E-state index contributed by atoms with van der Waals surface area (Å²) in [6.45, 7) is 0. The quantitative estimate of drug-likeness (QED) is 0.485. The van der Waals surface area contributed by atoms with Gasteiger partial charge < -0.3 is 9.47 Å². The summed E-state index contributed by atoms with van der Waals surface area (Å²) in [6, 6.07) is 24.4. The number of hydrogen-bond donors (Lipinski definition) is 0. The predicted molar refractivity (Wildman–Crippen MR) is 129 cm³/mol. The lowest BCUT2D eigenvalue weighted by molar-refractivity contribution is 0.0885. The first-order valence-electron chi connectivity index (χ1n) is 10.9. The highest BCUT2D eigenvalue weighted by Gasteiger charge is 2.50. The molecule has 0 radical (unpaired) electrons. The fourth-order valence-electron chi connectivity index (χ4n) is 4.46. The lowest BCUT2D eigenvalue weighted by Gasteiger charge is -2.26. The monoisotopic (exact) mass is 439 g/mol. The molecule has 33 heavy (non-hydrogen) atoms. The first kappa shape index (κ1) is 21.0. The highest BCUT2D eigenvalue weighted by atomic mass is 16.7. The summed E-state index contributed by atoms with van der Waals surface area (Å²) < 4.78 is 10.5. The maximum Gasteiger partial charge on any atom is 0.188 e. The second-order valence-electron chi connectivity index (χ2n) is 8.07. The van der Waals surface area contributed by atoms with Crippen molar-refractivity contribution in [1.82, 2.24) is 0 Å². The van der Waals surface area contributed by atoms with Crippen LogP contribution < -0.4 is 14.5 Å². The third-order valence-electron chi connectivity index (χ3n) is 6.15. The Morgan fingerprint density at radius 1 is 0.879 bits per heavy atom. The molecule has 5 rings (SSSR count). The molecule has 0 spiro atoms. The Morgan fingerprint density at radius 3 is 2.15 bits per heavy atom. The lowest BCUT2D eigenvalue weighted by Crippen LogP contribution is -2.40. The Bertz CT molecular complexity index is 1180. The smallest absolute Gasteiger partial charge is 0.188 e. The standard InChI is InChI=1S/C28H25NO4/c1-31-23-13-8-19(9-14-23)18-21-12-17-25-26(21)27(29(33-25)22-6-4-3-5-7-22)28(30)20-10-15-24(32-2)16-11-20/h3-18,25-27H,1-2H3/b21-18-/t25-,26+,27+/m1/s1. The van der Waals surface area contributed by atoms with Crippen molar-refractivity contribution in [2.45, 2.75) is 12.1 Å². The van der Waals surface area contributed by atoms with Gasteiger partial charge in [0.1, 0.15) is 23.6 Å². The van der Waals surface area contributed by atoms with Crippen LogP contribution in [0, 0.1) is 5.92 Å². The molecule has 1 heterocycles. The van der Waals surface area contributed by atoms with Gasteiger partial charge in [0, 0.05) is 11.5 Å². The van der Waals surface area contributed by atoms with E-state index in [2.05, 4.69) is 12.2 Å². The molecule has 5 nitrogen and oxygen atoms in total. The van der Waals surface area contributed by atoms with Gasteiger partial charge >= 0.3 is 0 Å². The van der Waals surface area contributed by atoms with E-state index < -0.39 is 6.04 Å². The summed E-state index contributed by atoms with van der Waals surface area (Å²) in [4.78, 5) is 20.1. The summed E-state index contributed by atoms with van der Waals surface area (Å²) in [7, 11) is 3.27. The molecular formula is C28H25NO4. The second-order valence-corrected chi connectivity index (χ2v) is 8.07. The molecule has 0 bridgehead atoms. The summed E-state index contributed by atoms with van der Waals surface area (Å²) in [6.07, 6.45) is 6.02. The van der Waals surface area contributed by atoms with E-state index in [1.54, 1.807) is 19.3 Å². The molecule has 0 aromatic heterocycles. The number of ether oxygens (including phenoxy) is 2. The minimum absolute atomic E-state index is 0.0123. The Morgan fingerprint density at radius 2 is 1.52 bits per heavy atom. The average molecular weight is 440 g/mol. The third kappa shape index (κ3) is 4.03. The number of rotatable bonds is 6. The van der Waals surface area contributed by atoms with Crippen LogP contribution in [-0.2, 0) is 4.84 Å². The van der Waals surface area contributed by atoms with Gasteiger partial charge in [-0.25, -0.2) is 5.06 Å². The molecule has 3 atom stereocenters. The van der Waals surface area contributed by atoms with E-state index in [0.717, 1.165) is 28.3 Å². The molecule has 2 aliphatic rings. The van der Waals surface area contributed by atoms with Crippen LogP contribution in [-0.4, -0.2) is 32.1 Å². The fraction of sp³-hybridized carbons (Fsp3) is 0.179. The average Bonchev–Trinajstić information content (AvgIpc) is 3.44. The van der Waals surface area contributed by atoms with E-state index in [1.165, 1.54) is 0 Å². The van der Waals surface area contributed by atoms with Crippen molar-refractivity contribution < 1.29 is 19.1 Å². The number of benzene rings is 3. The number of allylic oxidation sites excluding steroid dienone is 1. The van der Waals surface area contributed by atoms with Crippen molar-refractivity contribution in [1.29, 1.82) is 0 Å². The van der Waals surface area contributed by atoms with Gasteiger partial charge in [0.25, 0.3) is 0 Å². The largest absolute Gasteiger partial charge is 0.497 e. The number of carbonyl (C=O) groups is 1. The van der Waals surface area contributed by atoms with Crippen LogP contribution >= 0.6 is 0 Å². The SMILES string of the molecule is COc1ccc(/C=C2/C=C[C@H]3ON(c4ccccc4)[C@H](C(=O)c4ccc(OC)cc4)[C@@H]23)cc1. The lowest BCUT2D eigenvalue weighted by atomic mass is 9.86. The van der Waals surface area contributed by atoms with Gasteiger partial charge in [-0.15, -0.1) is 0 Å². The van der Waals surface area contributed by atoms with Crippen molar-refractivity contribution in [3.8, 4) is 11.5 Å². The second kappa shape index (κ2) is 8.96. The topological polar surface area (TPSA) is 48.0 Å². The van der Waals surface area contributed by atoms with Gasteiger partial charge in [0.05, 0.1) is 19.9 Å². The van der Waals surface area contributed by atoms with Crippen LogP contribution in [0.3, 0.4) is 0 Å².